The summed E-state index contributed by atoms with van der Waals surface area (Å²) in [6.45, 7) is 1.94. The summed E-state index contributed by atoms with van der Waals surface area (Å²) in [7, 11) is 0. The van der Waals surface area contributed by atoms with E-state index in [-0.39, 0.29) is 12.1 Å². The second kappa shape index (κ2) is 8.37. The first-order valence-corrected chi connectivity index (χ1v) is 9.80. The van der Waals surface area contributed by atoms with Gasteiger partial charge in [0.25, 0.3) is 0 Å². The first kappa shape index (κ1) is 19.6. The Bertz CT molecular complexity index is 915. The predicted molar refractivity (Wildman–Crippen MR) is 106 cm³/mol. The molecule has 1 saturated carbocycles. The number of imidazole rings is 1. The molecule has 2 aromatic rings. The summed E-state index contributed by atoms with van der Waals surface area (Å²) < 4.78 is 12.9. The van der Waals surface area contributed by atoms with E-state index in [4.69, 9.17) is 15.9 Å². The summed E-state index contributed by atoms with van der Waals surface area (Å²) in [6.07, 6.45) is 12.0. The number of aliphatic hydroxyl groups excluding tert-OH is 2. The fourth-order valence-corrected chi connectivity index (χ4v) is 3.90. The third-order valence-corrected chi connectivity index (χ3v) is 5.46. The number of aliphatic hydroxyl groups is 2. The Morgan fingerprint density at radius 1 is 1.24 bits per heavy atom. The molecular weight excluding hydrogens is 374 g/mol. The minimum absolute atomic E-state index is 0.255. The van der Waals surface area contributed by atoms with Crippen LogP contribution in [0.1, 0.15) is 38.8 Å². The van der Waals surface area contributed by atoms with Crippen LogP contribution in [0.4, 0.5) is 5.82 Å². The lowest BCUT2D eigenvalue weighted by Gasteiger charge is -2.28. The van der Waals surface area contributed by atoms with E-state index in [1.54, 1.807) is 10.8 Å². The zero-order valence-electron chi connectivity index (χ0n) is 16.2. The number of aromatic nitrogens is 4. The van der Waals surface area contributed by atoms with E-state index in [1.807, 2.05) is 13.0 Å². The van der Waals surface area contributed by atoms with Gasteiger partial charge >= 0.3 is 0 Å². The van der Waals surface area contributed by atoms with Crippen molar-refractivity contribution in [2.75, 3.05) is 5.32 Å². The standard InChI is InChI=1S/C20H25N5O4/c1-3-9-28-13-7-5-12(6-8-13)24-18-15-19(22-10-21-18)25(11-23-15)20-17(27)16(26)14(4-2)29-20/h2-3,9-14,16-17,20,26-27H,5-8H2,1H3,(H,21,22,24)/t12?,13?,14-,16-,17-,20-/m1/s1. The van der Waals surface area contributed by atoms with Crippen molar-refractivity contribution in [2.45, 2.75) is 69.3 Å². The number of allylic oxidation sites excluding steroid dienone is 1. The topological polar surface area (TPSA) is 115 Å². The minimum atomic E-state index is -1.17. The lowest BCUT2D eigenvalue weighted by Crippen LogP contribution is -2.30. The Balaban J connectivity index is 1.50. The number of fused-ring (bicyclic) bond motifs is 1. The minimum Gasteiger partial charge on any atom is -0.498 e. The van der Waals surface area contributed by atoms with Gasteiger partial charge in [-0.2, -0.15) is 0 Å². The largest absolute Gasteiger partial charge is 0.498 e. The van der Waals surface area contributed by atoms with E-state index in [0.29, 0.717) is 17.0 Å². The van der Waals surface area contributed by atoms with Gasteiger partial charge in [-0.1, -0.05) is 12.0 Å². The van der Waals surface area contributed by atoms with Crippen LogP contribution in [0.15, 0.2) is 25.0 Å². The van der Waals surface area contributed by atoms with Crippen molar-refractivity contribution in [3.8, 4) is 12.3 Å². The predicted octanol–water partition coefficient (Wildman–Crippen LogP) is 1.35. The lowest BCUT2D eigenvalue weighted by atomic mass is 9.93. The van der Waals surface area contributed by atoms with Crippen molar-refractivity contribution < 1.29 is 19.7 Å². The lowest BCUT2D eigenvalue weighted by molar-refractivity contribution is -0.0230. The fourth-order valence-electron chi connectivity index (χ4n) is 3.90. The molecule has 2 aromatic heterocycles. The number of terminal acetylenes is 1. The Labute approximate surface area is 168 Å². The number of rotatable bonds is 5. The molecule has 4 rings (SSSR count). The molecule has 9 nitrogen and oxygen atoms in total. The Morgan fingerprint density at radius 2 is 2.03 bits per heavy atom. The van der Waals surface area contributed by atoms with Crippen LogP contribution in [-0.2, 0) is 9.47 Å². The monoisotopic (exact) mass is 399 g/mol. The van der Waals surface area contributed by atoms with Crippen LogP contribution in [0.3, 0.4) is 0 Å². The third kappa shape index (κ3) is 3.79. The van der Waals surface area contributed by atoms with E-state index < -0.39 is 24.5 Å². The first-order valence-electron chi connectivity index (χ1n) is 9.80. The van der Waals surface area contributed by atoms with Gasteiger partial charge < -0.3 is 25.0 Å². The highest BCUT2D eigenvalue weighted by molar-refractivity contribution is 5.82. The van der Waals surface area contributed by atoms with Gasteiger partial charge in [-0.15, -0.1) is 6.42 Å². The van der Waals surface area contributed by atoms with E-state index in [1.165, 1.54) is 12.7 Å². The fraction of sp³-hybridized carbons (Fsp3) is 0.550. The Kier molecular flexibility index (Phi) is 5.67. The molecule has 9 heteroatoms. The van der Waals surface area contributed by atoms with Crippen molar-refractivity contribution in [3.63, 3.8) is 0 Å². The molecule has 29 heavy (non-hydrogen) atoms. The van der Waals surface area contributed by atoms with Crippen LogP contribution in [0.2, 0.25) is 0 Å². The van der Waals surface area contributed by atoms with Crippen LogP contribution in [0.5, 0.6) is 0 Å². The van der Waals surface area contributed by atoms with E-state index >= 15 is 0 Å². The molecule has 0 radical (unpaired) electrons. The zero-order chi connectivity index (χ0) is 20.4. The normalized spacial score (nSPS) is 32.5. The number of nitrogens with zero attached hydrogens (tertiary/aromatic N) is 4. The summed E-state index contributed by atoms with van der Waals surface area (Å²) in [6, 6.07) is 0.268. The molecule has 1 saturated heterocycles. The molecule has 1 aliphatic carbocycles. The highest BCUT2D eigenvalue weighted by Gasteiger charge is 2.43. The molecular formula is C20H25N5O4. The summed E-state index contributed by atoms with van der Waals surface area (Å²) in [4.78, 5) is 13.1. The number of hydrogen-bond donors (Lipinski definition) is 3. The average Bonchev–Trinajstić information content (AvgIpc) is 3.29. The van der Waals surface area contributed by atoms with Crippen molar-refractivity contribution in [2.24, 2.45) is 0 Å². The van der Waals surface area contributed by atoms with Crippen molar-refractivity contribution in [3.05, 3.63) is 25.0 Å². The van der Waals surface area contributed by atoms with Gasteiger partial charge in [0.05, 0.1) is 18.7 Å². The van der Waals surface area contributed by atoms with Crippen molar-refractivity contribution in [1.29, 1.82) is 0 Å². The first-order chi connectivity index (χ1) is 14.1. The zero-order valence-corrected chi connectivity index (χ0v) is 16.2. The molecule has 0 unspecified atom stereocenters. The SMILES string of the molecule is C#C[C@H]1O[C@@H](n2cnc3c(NC4CCC(OC=CC)CC4)ncnc32)[C@H](O)[C@@H]1O. The van der Waals surface area contributed by atoms with Crippen LogP contribution >= 0.6 is 0 Å². The van der Waals surface area contributed by atoms with Gasteiger partial charge in [-0.25, -0.2) is 15.0 Å². The van der Waals surface area contributed by atoms with Gasteiger partial charge in [-0.3, -0.25) is 4.57 Å². The number of nitrogens with one attached hydrogen (secondary N) is 1. The second-order valence-electron chi connectivity index (χ2n) is 7.36. The summed E-state index contributed by atoms with van der Waals surface area (Å²) in [5, 5.41) is 23.8. The Morgan fingerprint density at radius 3 is 2.72 bits per heavy atom. The summed E-state index contributed by atoms with van der Waals surface area (Å²) >= 11 is 0. The smallest absolute Gasteiger partial charge is 0.167 e. The van der Waals surface area contributed by atoms with Gasteiger partial charge in [0.15, 0.2) is 23.2 Å². The van der Waals surface area contributed by atoms with Crippen molar-refractivity contribution >= 4 is 17.0 Å². The molecule has 2 fully saturated rings. The van der Waals surface area contributed by atoms with E-state index in [2.05, 4.69) is 26.2 Å². The molecule has 3 N–H and O–H groups in total. The molecule has 4 atom stereocenters. The van der Waals surface area contributed by atoms with Crippen LogP contribution in [0, 0.1) is 12.3 Å². The maximum Gasteiger partial charge on any atom is 0.167 e. The molecule has 0 bridgehead atoms. The molecule has 0 spiro atoms. The van der Waals surface area contributed by atoms with E-state index in [9.17, 15) is 10.2 Å². The Hall–Kier alpha value is -2.67. The van der Waals surface area contributed by atoms with Gasteiger partial charge in [0, 0.05) is 6.04 Å². The molecule has 0 amide bonds. The summed E-state index contributed by atoms with van der Waals surface area (Å²) in [5.41, 5.74) is 1.08. The summed E-state index contributed by atoms with van der Waals surface area (Å²) in [5.74, 6) is 2.97. The van der Waals surface area contributed by atoms with Crippen LogP contribution in [-0.4, -0.2) is 60.2 Å². The number of anilines is 1. The number of ether oxygens (including phenoxy) is 2. The molecule has 1 aliphatic heterocycles. The van der Waals surface area contributed by atoms with Crippen LogP contribution < -0.4 is 5.32 Å². The quantitative estimate of drug-likeness (QED) is 0.510. The highest BCUT2D eigenvalue weighted by atomic mass is 16.6. The third-order valence-electron chi connectivity index (χ3n) is 5.46. The molecule has 154 valence electrons. The van der Waals surface area contributed by atoms with Gasteiger partial charge in [0.1, 0.15) is 24.6 Å². The van der Waals surface area contributed by atoms with Gasteiger partial charge in [0.2, 0.25) is 0 Å². The molecule has 3 heterocycles. The number of hydrogen-bond acceptors (Lipinski definition) is 8. The van der Waals surface area contributed by atoms with Gasteiger partial charge in [-0.05, 0) is 32.6 Å². The van der Waals surface area contributed by atoms with E-state index in [0.717, 1.165) is 25.7 Å². The average molecular weight is 399 g/mol. The maximum atomic E-state index is 10.3. The van der Waals surface area contributed by atoms with Crippen molar-refractivity contribution in [1.82, 2.24) is 19.5 Å². The maximum absolute atomic E-state index is 10.3. The second-order valence-corrected chi connectivity index (χ2v) is 7.36. The molecule has 0 aromatic carbocycles. The highest BCUT2D eigenvalue weighted by Crippen LogP contribution is 2.32. The van der Waals surface area contributed by atoms with Crippen LogP contribution in [0.25, 0.3) is 11.2 Å². The molecule has 2 aliphatic rings.